The molecule has 0 unspecified atom stereocenters. The van der Waals surface area contributed by atoms with Crippen LogP contribution in [0.5, 0.6) is 11.8 Å². The highest BCUT2D eigenvalue weighted by atomic mass is 79.9. The first-order chi connectivity index (χ1) is 7.65. The van der Waals surface area contributed by atoms with Gasteiger partial charge in [-0.05, 0) is 35.0 Å². The normalized spacial score (nSPS) is 10.1. The number of halogens is 1. The largest absolute Gasteiger partial charge is 0.423 e. The van der Waals surface area contributed by atoms with E-state index in [0.29, 0.717) is 11.6 Å². The zero-order valence-electron chi connectivity index (χ0n) is 8.64. The zero-order valence-corrected chi connectivity index (χ0v) is 10.2. The first kappa shape index (κ1) is 10.9. The van der Waals surface area contributed by atoms with Crippen molar-refractivity contribution in [3.05, 3.63) is 40.5 Å². The molecule has 1 aromatic carbocycles. The van der Waals surface area contributed by atoms with Crippen molar-refractivity contribution >= 4 is 21.7 Å². The summed E-state index contributed by atoms with van der Waals surface area (Å²) in [5.41, 5.74) is 6.38. The van der Waals surface area contributed by atoms with E-state index in [-0.39, 0.29) is 6.01 Å². The van der Waals surface area contributed by atoms with Crippen LogP contribution in [-0.2, 0) is 0 Å². The monoisotopic (exact) mass is 279 g/mol. The number of aromatic nitrogens is 2. The van der Waals surface area contributed by atoms with Crippen LogP contribution in [0.1, 0.15) is 5.69 Å². The van der Waals surface area contributed by atoms with E-state index in [1.54, 1.807) is 6.07 Å². The van der Waals surface area contributed by atoms with Gasteiger partial charge in [-0.15, -0.1) is 0 Å². The van der Waals surface area contributed by atoms with Crippen molar-refractivity contribution in [2.75, 3.05) is 5.73 Å². The lowest BCUT2D eigenvalue weighted by Crippen LogP contribution is -1.98. The molecule has 5 heteroatoms. The van der Waals surface area contributed by atoms with Gasteiger partial charge in [0.05, 0.1) is 4.47 Å². The Labute approximate surface area is 102 Å². The topological polar surface area (TPSA) is 61.0 Å². The van der Waals surface area contributed by atoms with Gasteiger partial charge in [0, 0.05) is 11.8 Å². The molecular formula is C11H10BrN3O. The molecule has 0 aliphatic carbocycles. The predicted molar refractivity (Wildman–Crippen MR) is 65.4 cm³/mol. The van der Waals surface area contributed by atoms with E-state index >= 15 is 0 Å². The Balaban J connectivity index is 2.30. The molecule has 0 amide bonds. The summed E-state index contributed by atoms with van der Waals surface area (Å²) < 4.78 is 6.37. The van der Waals surface area contributed by atoms with E-state index in [1.165, 1.54) is 0 Å². The third-order valence-electron chi connectivity index (χ3n) is 1.89. The average Bonchev–Trinajstić information content (AvgIpc) is 2.20. The van der Waals surface area contributed by atoms with Crippen LogP contribution >= 0.6 is 15.9 Å². The van der Waals surface area contributed by atoms with Gasteiger partial charge in [-0.25, -0.2) is 4.98 Å². The minimum atomic E-state index is 0.254. The number of benzene rings is 1. The van der Waals surface area contributed by atoms with E-state index in [2.05, 4.69) is 25.9 Å². The molecule has 1 heterocycles. The molecule has 0 radical (unpaired) electrons. The molecular weight excluding hydrogens is 270 g/mol. The van der Waals surface area contributed by atoms with E-state index in [4.69, 9.17) is 10.5 Å². The van der Waals surface area contributed by atoms with Crippen LogP contribution < -0.4 is 10.5 Å². The molecule has 0 spiro atoms. The summed E-state index contributed by atoms with van der Waals surface area (Å²) in [4.78, 5) is 8.13. The summed E-state index contributed by atoms with van der Waals surface area (Å²) in [6, 6.07) is 9.43. The van der Waals surface area contributed by atoms with Gasteiger partial charge in [0.15, 0.2) is 0 Å². The van der Waals surface area contributed by atoms with Gasteiger partial charge in [-0.2, -0.15) is 4.98 Å². The summed E-state index contributed by atoms with van der Waals surface area (Å²) >= 11 is 3.38. The molecule has 0 saturated heterocycles. The summed E-state index contributed by atoms with van der Waals surface area (Å²) in [6.07, 6.45) is 0. The molecule has 0 aliphatic rings. The van der Waals surface area contributed by atoms with Crippen LogP contribution in [0.15, 0.2) is 34.8 Å². The van der Waals surface area contributed by atoms with E-state index in [1.807, 2.05) is 31.2 Å². The molecule has 4 nitrogen and oxygen atoms in total. The van der Waals surface area contributed by atoms with Crippen LogP contribution in [0.2, 0.25) is 0 Å². The molecule has 16 heavy (non-hydrogen) atoms. The Morgan fingerprint density at radius 3 is 2.69 bits per heavy atom. The maximum atomic E-state index is 5.61. The number of nitrogen functional groups attached to an aromatic ring is 1. The SMILES string of the molecule is Cc1cc(N)nc(Oc2ccccc2Br)n1. The van der Waals surface area contributed by atoms with Crippen LogP contribution in [-0.4, -0.2) is 9.97 Å². The predicted octanol–water partition coefficient (Wildman–Crippen LogP) is 2.92. The smallest absolute Gasteiger partial charge is 0.324 e. The van der Waals surface area contributed by atoms with E-state index in [0.717, 1.165) is 10.2 Å². The second kappa shape index (κ2) is 4.49. The number of rotatable bonds is 2. The second-order valence-corrected chi connectivity index (χ2v) is 4.10. The highest BCUT2D eigenvalue weighted by molar-refractivity contribution is 9.10. The fraction of sp³-hybridized carbons (Fsp3) is 0.0909. The highest BCUT2D eigenvalue weighted by Crippen LogP contribution is 2.27. The van der Waals surface area contributed by atoms with Crippen LogP contribution in [0, 0.1) is 6.92 Å². The van der Waals surface area contributed by atoms with Gasteiger partial charge < -0.3 is 10.5 Å². The molecule has 2 rings (SSSR count). The Morgan fingerprint density at radius 2 is 2.00 bits per heavy atom. The fourth-order valence-corrected chi connectivity index (χ4v) is 1.60. The summed E-state index contributed by atoms with van der Waals surface area (Å²) in [5, 5.41) is 0. The first-order valence-corrected chi connectivity index (χ1v) is 5.48. The van der Waals surface area contributed by atoms with Crippen molar-refractivity contribution in [1.29, 1.82) is 0 Å². The van der Waals surface area contributed by atoms with Gasteiger partial charge in [-0.1, -0.05) is 12.1 Å². The maximum absolute atomic E-state index is 5.61. The second-order valence-electron chi connectivity index (χ2n) is 3.25. The third-order valence-corrected chi connectivity index (χ3v) is 2.55. The summed E-state index contributed by atoms with van der Waals surface area (Å²) in [7, 11) is 0. The fourth-order valence-electron chi connectivity index (χ4n) is 1.24. The molecule has 0 saturated carbocycles. The Bertz CT molecular complexity index is 496. The minimum Gasteiger partial charge on any atom is -0.423 e. The number of aryl methyl sites for hydroxylation is 1. The first-order valence-electron chi connectivity index (χ1n) is 4.69. The number of para-hydroxylation sites is 1. The summed E-state index contributed by atoms with van der Waals surface area (Å²) in [5.74, 6) is 1.06. The van der Waals surface area contributed by atoms with Crippen molar-refractivity contribution in [1.82, 2.24) is 9.97 Å². The lowest BCUT2D eigenvalue weighted by molar-refractivity contribution is 0.439. The molecule has 0 fully saturated rings. The average molecular weight is 280 g/mol. The Morgan fingerprint density at radius 1 is 1.25 bits per heavy atom. The van der Waals surface area contributed by atoms with Crippen molar-refractivity contribution < 1.29 is 4.74 Å². The number of hydrogen-bond donors (Lipinski definition) is 1. The molecule has 82 valence electrons. The van der Waals surface area contributed by atoms with Crippen LogP contribution in [0.25, 0.3) is 0 Å². The highest BCUT2D eigenvalue weighted by Gasteiger charge is 2.05. The standard InChI is InChI=1S/C11H10BrN3O/c1-7-6-10(13)15-11(14-7)16-9-5-3-2-4-8(9)12/h2-6H,1H3,(H2,13,14,15). The number of nitrogens with zero attached hydrogens (tertiary/aromatic N) is 2. The maximum Gasteiger partial charge on any atom is 0.324 e. The number of nitrogens with two attached hydrogens (primary N) is 1. The molecule has 2 aromatic rings. The lowest BCUT2D eigenvalue weighted by Gasteiger charge is -2.06. The van der Waals surface area contributed by atoms with Crippen molar-refractivity contribution in [3.63, 3.8) is 0 Å². The van der Waals surface area contributed by atoms with Crippen molar-refractivity contribution in [2.24, 2.45) is 0 Å². The van der Waals surface area contributed by atoms with E-state index in [9.17, 15) is 0 Å². The number of anilines is 1. The molecule has 0 aliphatic heterocycles. The molecule has 0 bridgehead atoms. The number of hydrogen-bond acceptors (Lipinski definition) is 4. The third kappa shape index (κ3) is 2.49. The van der Waals surface area contributed by atoms with Crippen molar-refractivity contribution in [3.8, 4) is 11.8 Å². The Kier molecular flexibility index (Phi) is 3.05. The van der Waals surface area contributed by atoms with Crippen LogP contribution in [0.3, 0.4) is 0 Å². The number of ether oxygens (including phenoxy) is 1. The Hall–Kier alpha value is -1.62. The lowest BCUT2D eigenvalue weighted by atomic mass is 10.3. The van der Waals surface area contributed by atoms with E-state index < -0.39 is 0 Å². The van der Waals surface area contributed by atoms with Gasteiger partial charge >= 0.3 is 6.01 Å². The van der Waals surface area contributed by atoms with Crippen LogP contribution in [0.4, 0.5) is 5.82 Å². The van der Waals surface area contributed by atoms with Gasteiger partial charge in [0.1, 0.15) is 11.6 Å². The zero-order chi connectivity index (χ0) is 11.5. The molecule has 2 N–H and O–H groups in total. The molecule has 1 aromatic heterocycles. The summed E-state index contributed by atoms with van der Waals surface area (Å²) in [6.45, 7) is 1.84. The minimum absolute atomic E-state index is 0.254. The van der Waals surface area contributed by atoms with Gasteiger partial charge in [0.25, 0.3) is 0 Å². The quantitative estimate of drug-likeness (QED) is 0.918. The van der Waals surface area contributed by atoms with Crippen molar-refractivity contribution in [2.45, 2.75) is 6.92 Å². The van der Waals surface area contributed by atoms with Gasteiger partial charge in [0.2, 0.25) is 0 Å². The molecule has 0 atom stereocenters. The van der Waals surface area contributed by atoms with Gasteiger partial charge in [-0.3, -0.25) is 0 Å².